The summed E-state index contributed by atoms with van der Waals surface area (Å²) >= 11 is 0. The van der Waals surface area contributed by atoms with E-state index in [4.69, 9.17) is 5.73 Å². The molecule has 0 unspecified atom stereocenters. The number of amides is 1. The minimum absolute atomic E-state index is 0.0876. The maximum atomic E-state index is 12.7. The number of hydrogen-bond acceptors (Lipinski definition) is 6. The van der Waals surface area contributed by atoms with Gasteiger partial charge in [0, 0.05) is 24.7 Å². The van der Waals surface area contributed by atoms with E-state index in [0.29, 0.717) is 22.8 Å². The van der Waals surface area contributed by atoms with Crippen LogP contribution in [0.4, 0.5) is 22.9 Å². The molecule has 1 fully saturated rings. The second-order valence-corrected chi connectivity index (χ2v) is 8.99. The van der Waals surface area contributed by atoms with Crippen LogP contribution in [0.5, 0.6) is 0 Å². The van der Waals surface area contributed by atoms with Crippen molar-refractivity contribution in [3.63, 3.8) is 0 Å². The molecule has 0 radical (unpaired) electrons. The summed E-state index contributed by atoms with van der Waals surface area (Å²) in [6.07, 6.45) is 4.62. The molecule has 0 aliphatic carbocycles. The van der Waals surface area contributed by atoms with Gasteiger partial charge in [-0.05, 0) is 44.9 Å². The van der Waals surface area contributed by atoms with Crippen molar-refractivity contribution in [1.29, 1.82) is 0 Å². The van der Waals surface area contributed by atoms with Crippen LogP contribution in [0.15, 0.2) is 24.4 Å². The van der Waals surface area contributed by atoms with Crippen LogP contribution in [0.1, 0.15) is 43.1 Å². The Kier molecular flexibility index (Phi) is 5.50. The standard InChI is InChI=1S/C18H26N6O3S/c1-12(2)24-17(19)16(11-20-24)21-14-7-6-13(10-15(14)22-28(3,26)27)18(25)23-8-4-5-9-23/h6-7,10-12,21-22H,4-5,8-9,19H2,1-3H3. The van der Waals surface area contributed by atoms with E-state index < -0.39 is 10.0 Å². The van der Waals surface area contributed by atoms with Gasteiger partial charge in [0.25, 0.3) is 5.91 Å². The lowest BCUT2D eigenvalue weighted by molar-refractivity contribution is 0.0793. The van der Waals surface area contributed by atoms with Crippen LogP contribution >= 0.6 is 0 Å². The van der Waals surface area contributed by atoms with E-state index >= 15 is 0 Å². The first-order valence-electron chi connectivity index (χ1n) is 9.17. The lowest BCUT2D eigenvalue weighted by atomic mass is 10.1. The molecule has 152 valence electrons. The lowest BCUT2D eigenvalue weighted by Gasteiger charge is -2.18. The molecule has 1 aromatic carbocycles. The van der Waals surface area contributed by atoms with Crippen LogP contribution in [0, 0.1) is 0 Å². The van der Waals surface area contributed by atoms with Gasteiger partial charge in [0.1, 0.15) is 11.5 Å². The summed E-state index contributed by atoms with van der Waals surface area (Å²) in [4.78, 5) is 14.4. The molecule has 3 rings (SSSR count). The quantitative estimate of drug-likeness (QED) is 0.677. The van der Waals surface area contributed by atoms with E-state index in [1.165, 1.54) is 0 Å². The minimum Gasteiger partial charge on any atom is -0.382 e. The Balaban J connectivity index is 1.94. The molecule has 9 nitrogen and oxygen atoms in total. The molecule has 2 aromatic rings. The highest BCUT2D eigenvalue weighted by Gasteiger charge is 2.21. The summed E-state index contributed by atoms with van der Waals surface area (Å²) in [5.41, 5.74) is 7.89. The van der Waals surface area contributed by atoms with Crippen LogP contribution in [0.3, 0.4) is 0 Å². The monoisotopic (exact) mass is 406 g/mol. The van der Waals surface area contributed by atoms with Crippen molar-refractivity contribution >= 4 is 38.8 Å². The van der Waals surface area contributed by atoms with Crippen LogP contribution in [-0.2, 0) is 10.0 Å². The molecule has 10 heteroatoms. The number of aromatic nitrogens is 2. The zero-order valence-electron chi connectivity index (χ0n) is 16.3. The molecule has 4 N–H and O–H groups in total. The van der Waals surface area contributed by atoms with Gasteiger partial charge >= 0.3 is 0 Å². The first-order chi connectivity index (χ1) is 13.2. The normalized spacial score (nSPS) is 14.5. The molecular weight excluding hydrogens is 380 g/mol. The van der Waals surface area contributed by atoms with Gasteiger partial charge in [-0.15, -0.1) is 0 Å². The third kappa shape index (κ3) is 4.38. The van der Waals surface area contributed by atoms with Crippen molar-refractivity contribution in [3.8, 4) is 0 Å². The first-order valence-corrected chi connectivity index (χ1v) is 11.1. The van der Waals surface area contributed by atoms with Gasteiger partial charge in [-0.3, -0.25) is 9.52 Å². The molecule has 1 aliphatic heterocycles. The fourth-order valence-corrected chi connectivity index (χ4v) is 3.77. The van der Waals surface area contributed by atoms with E-state index in [-0.39, 0.29) is 17.6 Å². The van der Waals surface area contributed by atoms with Gasteiger partial charge in [-0.1, -0.05) is 0 Å². The molecule has 0 spiro atoms. The average Bonchev–Trinajstić information content (AvgIpc) is 3.25. The highest BCUT2D eigenvalue weighted by atomic mass is 32.2. The SMILES string of the molecule is CC(C)n1ncc(Nc2ccc(C(=O)N3CCCC3)cc2NS(C)(=O)=O)c1N. The van der Waals surface area contributed by atoms with Crippen molar-refractivity contribution in [2.75, 3.05) is 35.1 Å². The number of rotatable bonds is 6. The smallest absolute Gasteiger partial charge is 0.253 e. The Hall–Kier alpha value is -2.75. The maximum absolute atomic E-state index is 12.7. The summed E-state index contributed by atoms with van der Waals surface area (Å²) in [7, 11) is -3.54. The van der Waals surface area contributed by atoms with Crippen molar-refractivity contribution in [2.24, 2.45) is 0 Å². The van der Waals surface area contributed by atoms with E-state index in [1.807, 2.05) is 13.8 Å². The Morgan fingerprint density at radius 3 is 2.43 bits per heavy atom. The number of anilines is 4. The number of nitrogens with two attached hydrogens (primary N) is 1. The number of sulfonamides is 1. The van der Waals surface area contributed by atoms with E-state index in [2.05, 4.69) is 15.1 Å². The Labute approximate surface area is 164 Å². The lowest BCUT2D eigenvalue weighted by Crippen LogP contribution is -2.27. The molecule has 0 saturated carbocycles. The van der Waals surface area contributed by atoms with Crippen LogP contribution in [-0.4, -0.2) is 48.4 Å². The van der Waals surface area contributed by atoms with Crippen LogP contribution in [0.25, 0.3) is 0 Å². The van der Waals surface area contributed by atoms with Crippen molar-refractivity contribution in [2.45, 2.75) is 32.7 Å². The number of nitrogens with zero attached hydrogens (tertiary/aromatic N) is 3. The predicted octanol–water partition coefficient (Wildman–Crippen LogP) is 2.40. The molecule has 1 aromatic heterocycles. The third-order valence-electron chi connectivity index (χ3n) is 4.55. The van der Waals surface area contributed by atoms with Gasteiger partial charge in [0.2, 0.25) is 10.0 Å². The maximum Gasteiger partial charge on any atom is 0.253 e. The second-order valence-electron chi connectivity index (χ2n) is 7.24. The molecule has 1 amide bonds. The van der Waals surface area contributed by atoms with E-state index in [9.17, 15) is 13.2 Å². The van der Waals surface area contributed by atoms with Gasteiger partial charge in [0.05, 0.1) is 23.8 Å². The van der Waals surface area contributed by atoms with Gasteiger partial charge in [-0.25, -0.2) is 13.1 Å². The zero-order chi connectivity index (χ0) is 20.5. The second kappa shape index (κ2) is 7.70. The molecule has 0 atom stereocenters. The molecular formula is C18H26N6O3S. The first kappa shape index (κ1) is 20.0. The molecule has 1 aliphatic rings. The molecule has 28 heavy (non-hydrogen) atoms. The Bertz CT molecular complexity index is 977. The zero-order valence-corrected chi connectivity index (χ0v) is 17.1. The Morgan fingerprint density at radius 1 is 1.18 bits per heavy atom. The fraction of sp³-hybridized carbons (Fsp3) is 0.444. The summed E-state index contributed by atoms with van der Waals surface area (Å²) in [5, 5.41) is 7.36. The summed E-state index contributed by atoms with van der Waals surface area (Å²) < 4.78 is 27.8. The minimum atomic E-state index is -3.54. The third-order valence-corrected chi connectivity index (χ3v) is 5.14. The topological polar surface area (TPSA) is 122 Å². The van der Waals surface area contributed by atoms with Crippen LogP contribution < -0.4 is 15.8 Å². The highest BCUT2D eigenvalue weighted by molar-refractivity contribution is 7.92. The predicted molar refractivity (Wildman–Crippen MR) is 110 cm³/mol. The summed E-state index contributed by atoms with van der Waals surface area (Å²) in [5.74, 6) is 0.338. The average molecular weight is 407 g/mol. The number of likely N-dealkylation sites (tertiary alicyclic amines) is 1. The number of hydrogen-bond donors (Lipinski definition) is 3. The van der Waals surface area contributed by atoms with Crippen LogP contribution in [0.2, 0.25) is 0 Å². The number of nitrogen functional groups attached to an aromatic ring is 1. The fourth-order valence-electron chi connectivity index (χ4n) is 3.20. The van der Waals surface area contributed by atoms with E-state index in [0.717, 1.165) is 32.2 Å². The summed E-state index contributed by atoms with van der Waals surface area (Å²) in [6, 6.07) is 4.99. The number of carbonyl (C=O) groups is 1. The number of carbonyl (C=O) groups excluding carboxylic acids is 1. The molecule has 0 bridgehead atoms. The van der Waals surface area contributed by atoms with Gasteiger partial charge in [0.15, 0.2) is 0 Å². The number of benzene rings is 1. The number of nitrogens with one attached hydrogen (secondary N) is 2. The largest absolute Gasteiger partial charge is 0.382 e. The van der Waals surface area contributed by atoms with E-state index in [1.54, 1.807) is 34.0 Å². The molecule has 1 saturated heterocycles. The van der Waals surface area contributed by atoms with Crippen molar-refractivity contribution in [3.05, 3.63) is 30.0 Å². The molecule has 2 heterocycles. The van der Waals surface area contributed by atoms with Gasteiger partial charge < -0.3 is 16.0 Å². The van der Waals surface area contributed by atoms with Crippen molar-refractivity contribution < 1.29 is 13.2 Å². The Morgan fingerprint density at radius 2 is 1.86 bits per heavy atom. The van der Waals surface area contributed by atoms with Crippen molar-refractivity contribution in [1.82, 2.24) is 14.7 Å². The van der Waals surface area contributed by atoms with Gasteiger partial charge in [-0.2, -0.15) is 5.10 Å². The summed E-state index contributed by atoms with van der Waals surface area (Å²) in [6.45, 7) is 5.36. The highest BCUT2D eigenvalue weighted by Crippen LogP contribution is 2.31.